The molecule has 33 aliphatic heterocycles. The van der Waals surface area contributed by atoms with Crippen LogP contribution in [-0.2, 0) is 0 Å². The Morgan fingerprint density at radius 3 is 0.910 bits per heavy atom. The Kier molecular flexibility index (Phi) is 9.62. The van der Waals surface area contributed by atoms with Crippen LogP contribution in [0.1, 0.15) is 194 Å². The molecular weight excluding hydrogens is 1120 g/mol. The number of rotatable bonds is 0. The van der Waals surface area contributed by atoms with Crippen LogP contribution in [0.3, 0.4) is 0 Å². The van der Waals surface area contributed by atoms with Gasteiger partial charge in [0, 0.05) is 104 Å². The van der Waals surface area contributed by atoms with Crippen molar-refractivity contribution in [1.29, 1.82) is 0 Å². The Bertz CT molecular complexity index is 5160. The topological polar surface area (TPSA) is 209 Å². The van der Waals surface area contributed by atoms with E-state index in [1.165, 1.54) is 48.8 Å². The zero-order valence-electron chi connectivity index (χ0n) is 48.0. The van der Waals surface area contributed by atoms with Crippen LogP contribution < -0.4 is 10.9 Å². The van der Waals surface area contributed by atoms with Gasteiger partial charge in [0.1, 0.15) is 0 Å². The predicted molar refractivity (Wildman–Crippen MR) is 329 cm³/mol. The van der Waals surface area contributed by atoms with Crippen molar-refractivity contribution in [3.63, 3.8) is 0 Å². The van der Waals surface area contributed by atoms with E-state index in [9.17, 15) is 0 Å². The smallest absolute Gasteiger partial charge is 0.261 e. The molecule has 3 saturated carbocycles. The molecule has 89 heavy (non-hydrogen) atoms. The molecule has 3 aliphatic carbocycles. The lowest BCUT2D eigenvalue weighted by Crippen LogP contribution is -2.62. The van der Waals surface area contributed by atoms with Crippen molar-refractivity contribution >= 4 is 141 Å². The number of imide groups is 5. The quantitative estimate of drug-likeness (QED) is 0.0792. The Morgan fingerprint density at radius 1 is 0.315 bits per heavy atom. The van der Waals surface area contributed by atoms with Gasteiger partial charge < -0.3 is 4.57 Å². The third-order valence-electron chi connectivity index (χ3n) is 22.4. The summed E-state index contributed by atoms with van der Waals surface area (Å²) in [5.41, 5.74) is -0.0428. The maximum absolute atomic E-state index is 15.5. The number of hydrogen-bond acceptors (Lipinski definition) is 11. The number of nitrogens with zero attached hydrogens (tertiary/aromatic N) is 6. The minimum absolute atomic E-state index is 0.0910. The summed E-state index contributed by atoms with van der Waals surface area (Å²) in [5, 5.41) is 6.90. The van der Waals surface area contributed by atoms with Crippen molar-refractivity contribution in [3.8, 4) is 0 Å². The molecule has 0 N–H and O–H groups in total. The van der Waals surface area contributed by atoms with Gasteiger partial charge in [-0.15, -0.1) is 0 Å². The minimum atomic E-state index is -1.35. The van der Waals surface area contributed by atoms with E-state index in [4.69, 9.17) is 0 Å². The third-order valence-corrected chi connectivity index (χ3v) is 22.4. The summed E-state index contributed by atoms with van der Waals surface area (Å²) in [5.74, 6) is -6.22. The molecule has 1 aromatic heterocycles. The highest BCUT2D eigenvalue weighted by Gasteiger charge is 2.55. The Morgan fingerprint density at radius 2 is 0.573 bits per heavy atom. The van der Waals surface area contributed by atoms with Gasteiger partial charge in [0.15, 0.2) is 0 Å². The predicted octanol–water partition coefficient (Wildman–Crippen LogP) is 10.4. The molecule has 6 atom stereocenters. The number of carbonyl (C=O) groups excluding carboxylic acids is 10. The second kappa shape index (κ2) is 16.9. The largest absolute Gasteiger partial charge is 0.303 e. The molecule has 17 nitrogen and oxygen atoms in total. The first-order chi connectivity index (χ1) is 43.1. The van der Waals surface area contributed by atoms with Crippen molar-refractivity contribution in [2.75, 3.05) is 0 Å². The summed E-state index contributed by atoms with van der Waals surface area (Å²) < 4.78 is 1.56. The van der Waals surface area contributed by atoms with Crippen molar-refractivity contribution < 1.29 is 47.9 Å². The van der Waals surface area contributed by atoms with Gasteiger partial charge in [-0.3, -0.25) is 77.2 Å². The molecule has 9 aromatic carbocycles. The van der Waals surface area contributed by atoms with E-state index in [0.29, 0.717) is 131 Å². The Labute approximate surface area is 503 Å². The molecule has 434 valence electrons. The van der Waals surface area contributed by atoms with Gasteiger partial charge >= 0.3 is 0 Å². The average molecular weight is 1180 g/mol. The molecule has 34 heterocycles. The lowest BCUT2D eigenvalue weighted by atomic mass is 9.74. The zero-order chi connectivity index (χ0) is 60.4. The number of pyridine rings is 1. The maximum Gasteiger partial charge on any atom is 0.261 e. The molecule has 0 radical (unpaired) electrons. The molecule has 0 spiro atoms. The number of hydrogen-bond donors (Lipinski definition) is 0. The van der Waals surface area contributed by atoms with Gasteiger partial charge in [0.2, 0.25) is 0 Å². The van der Waals surface area contributed by atoms with Crippen LogP contribution >= 0.6 is 0 Å². The van der Waals surface area contributed by atoms with Crippen molar-refractivity contribution in [2.45, 2.75) is 120 Å². The monoisotopic (exact) mass is 1170 g/mol. The average Bonchev–Trinajstić information content (AvgIpc) is 0.728. The normalized spacial score (nSPS) is 24.7. The third kappa shape index (κ3) is 5.86. The molecule has 30 bridgehead atoms. The Balaban J connectivity index is 0.830. The molecule has 17 heteroatoms. The fourth-order valence-corrected chi connectivity index (χ4v) is 18.6. The number of aromatic nitrogens is 1. The fourth-order valence-electron chi connectivity index (χ4n) is 18.6. The molecule has 10 aromatic rings. The van der Waals surface area contributed by atoms with Crippen LogP contribution in [0, 0.1) is 0 Å². The Hall–Kier alpha value is -10.3. The SMILES string of the molecule is C=c1c2ccc3c4c5ccc(c(=O)n1C1CCCC[C@]1(C)N1C(=O)c6ccc7c8c(ccc(c68)C1=O)C(=O)N(C7=O)[C@@H]1CCCC[C@H]1N1C(=O)c6ccc7c8ccc9c%10c(ccc(c%11ccc(c6c7%11)C1=O)c%108)C(=O)N(C9=O)[C@@H]1CCCC[C@H]1N(C3=O)C5=O)c42. The summed E-state index contributed by atoms with van der Waals surface area (Å²) in [4.78, 5) is 176. The van der Waals surface area contributed by atoms with Crippen LogP contribution in [0.5, 0.6) is 0 Å². The zero-order valence-corrected chi connectivity index (χ0v) is 48.0. The summed E-state index contributed by atoms with van der Waals surface area (Å²) in [6.07, 6.45) is 5.57. The number of amides is 10. The summed E-state index contributed by atoms with van der Waals surface area (Å²) in [6.45, 7) is 6.32. The highest BCUT2D eigenvalue weighted by atomic mass is 16.2. The summed E-state index contributed by atoms with van der Waals surface area (Å²) in [6, 6.07) is 22.2. The first kappa shape index (κ1) is 50.8. The molecule has 36 aliphatic rings. The first-order valence-electron chi connectivity index (χ1n) is 30.9. The van der Waals surface area contributed by atoms with E-state index < -0.39 is 100 Å². The number of benzene rings is 9. The van der Waals surface area contributed by atoms with E-state index in [0.717, 1.165) is 0 Å². The van der Waals surface area contributed by atoms with Gasteiger partial charge in [0.25, 0.3) is 64.6 Å². The molecule has 46 rings (SSSR count). The van der Waals surface area contributed by atoms with Crippen LogP contribution in [0.2, 0.25) is 0 Å². The van der Waals surface area contributed by atoms with Crippen LogP contribution in [-0.4, -0.2) is 118 Å². The molecule has 10 amide bonds. The van der Waals surface area contributed by atoms with Crippen molar-refractivity contribution in [3.05, 3.63) is 168 Å². The molecular formula is C72H50N6O11. The van der Waals surface area contributed by atoms with Crippen molar-refractivity contribution in [2.24, 2.45) is 0 Å². The van der Waals surface area contributed by atoms with E-state index in [2.05, 4.69) is 6.58 Å². The van der Waals surface area contributed by atoms with E-state index in [1.807, 2.05) is 24.3 Å². The summed E-state index contributed by atoms with van der Waals surface area (Å²) in [7, 11) is 0. The fraction of sp³-hybridized carbons (Fsp3) is 0.264. The van der Waals surface area contributed by atoms with Gasteiger partial charge in [-0.25, -0.2) is 0 Å². The van der Waals surface area contributed by atoms with Gasteiger partial charge in [0.05, 0.1) is 35.7 Å². The van der Waals surface area contributed by atoms with Gasteiger partial charge in [-0.2, -0.15) is 0 Å². The number of carbonyl (C=O) groups is 10. The van der Waals surface area contributed by atoms with E-state index in [1.54, 1.807) is 60.0 Å². The van der Waals surface area contributed by atoms with E-state index >= 15 is 52.7 Å². The lowest BCUT2D eigenvalue weighted by molar-refractivity contribution is 0.0156. The van der Waals surface area contributed by atoms with Gasteiger partial charge in [-0.05, 0) is 144 Å². The summed E-state index contributed by atoms with van der Waals surface area (Å²) >= 11 is 0. The van der Waals surface area contributed by atoms with Crippen LogP contribution in [0.25, 0.3) is 82.0 Å². The van der Waals surface area contributed by atoms with Gasteiger partial charge in [-0.1, -0.05) is 75.4 Å². The first-order valence-corrected chi connectivity index (χ1v) is 30.9. The highest BCUT2D eigenvalue weighted by molar-refractivity contribution is 6.42. The molecule has 1 unspecified atom stereocenters. The molecule has 0 saturated heterocycles. The second-order valence-electron chi connectivity index (χ2n) is 26.2. The second-order valence-corrected chi connectivity index (χ2v) is 26.2. The standard InChI is InChI=1S/C72H50N6O11/c1-31-32-14-19-38-56-43-25-24-37(53(32)56)61(79)73(31)52-13-7-8-30-72(52,2)78-70(88)46-28-26-44-59-45(27-29-47(60(46)59)71(78)89)69(87)77(68(44)86)51-12-6-5-11-50(51)76-65(83)41-22-17-35-33-15-20-39-57-40(21-16-34(54(33)57)36-18-23-42(66(76)84)58(41)55(35)36)64(82)75(63(39)81)49-10-4-3-9-48(49)74(62(38)80)67(43)85/h14-29,48-52H,1,3-13,30H2,2H3/t48-,49-,50-,51-,52?,72+/m1/s1. The lowest BCUT2D eigenvalue weighted by Gasteiger charge is -2.50. The van der Waals surface area contributed by atoms with Crippen molar-refractivity contribution in [1.82, 2.24) is 29.1 Å². The maximum atomic E-state index is 15.5. The van der Waals surface area contributed by atoms with Crippen LogP contribution in [0.15, 0.2) is 102 Å². The van der Waals surface area contributed by atoms with Crippen LogP contribution in [0.4, 0.5) is 0 Å². The highest BCUT2D eigenvalue weighted by Crippen LogP contribution is 2.51. The van der Waals surface area contributed by atoms with E-state index in [-0.39, 0.29) is 82.5 Å². The molecule has 3 fully saturated rings. The minimum Gasteiger partial charge on any atom is -0.303 e.